The number of hydrogen-bond donors (Lipinski definition) is 1. The van der Waals surface area contributed by atoms with E-state index in [1.165, 1.54) is 33.5 Å². The van der Waals surface area contributed by atoms with E-state index in [4.69, 9.17) is 4.74 Å². The summed E-state index contributed by atoms with van der Waals surface area (Å²) in [7, 11) is 0. The number of ether oxygens (including phenoxy) is 1. The quantitative estimate of drug-likeness (QED) is 0.870. The van der Waals surface area contributed by atoms with Gasteiger partial charge in [0.2, 0.25) is 0 Å². The molecule has 4 heteroatoms. The van der Waals surface area contributed by atoms with Crippen molar-refractivity contribution in [3.05, 3.63) is 27.7 Å². The fraction of sp³-hybridized carbons (Fsp3) is 0.625. The molecule has 0 bridgehead atoms. The lowest BCUT2D eigenvalue weighted by molar-refractivity contribution is 0.344. The van der Waals surface area contributed by atoms with Gasteiger partial charge in [-0.3, -0.25) is 0 Å². The first-order chi connectivity index (χ1) is 9.78. The van der Waals surface area contributed by atoms with Gasteiger partial charge in [0.1, 0.15) is 5.75 Å². The molecule has 2 heterocycles. The maximum absolute atomic E-state index is 5.87. The Morgan fingerprint density at radius 3 is 3.15 bits per heavy atom. The SMILES string of the molecule is CCNC(Cc1cc(Br)cc2c1OCC2)C1CCSC1. The third-order valence-corrected chi connectivity index (χ3v) is 5.91. The molecule has 2 unspecified atom stereocenters. The van der Waals surface area contributed by atoms with Gasteiger partial charge in [-0.25, -0.2) is 0 Å². The van der Waals surface area contributed by atoms with Crippen molar-refractivity contribution in [1.82, 2.24) is 5.32 Å². The van der Waals surface area contributed by atoms with Crippen LogP contribution in [0.5, 0.6) is 5.75 Å². The van der Waals surface area contributed by atoms with Crippen molar-refractivity contribution in [2.24, 2.45) is 5.92 Å². The largest absolute Gasteiger partial charge is 0.493 e. The average Bonchev–Trinajstić information content (AvgIpc) is 3.08. The molecule has 110 valence electrons. The molecule has 3 rings (SSSR count). The fourth-order valence-corrected chi connectivity index (χ4v) is 5.16. The highest BCUT2D eigenvalue weighted by Crippen LogP contribution is 2.35. The first-order valence-corrected chi connectivity index (χ1v) is 9.48. The Morgan fingerprint density at radius 2 is 2.40 bits per heavy atom. The van der Waals surface area contributed by atoms with Gasteiger partial charge in [-0.1, -0.05) is 22.9 Å². The minimum atomic E-state index is 0.581. The van der Waals surface area contributed by atoms with Crippen molar-refractivity contribution < 1.29 is 4.74 Å². The first kappa shape index (κ1) is 14.7. The third kappa shape index (κ3) is 3.18. The summed E-state index contributed by atoms with van der Waals surface area (Å²) in [6, 6.07) is 5.04. The van der Waals surface area contributed by atoms with E-state index in [-0.39, 0.29) is 0 Å². The summed E-state index contributed by atoms with van der Waals surface area (Å²) >= 11 is 5.74. The zero-order valence-electron chi connectivity index (χ0n) is 12.0. The lowest BCUT2D eigenvalue weighted by Gasteiger charge is -2.25. The topological polar surface area (TPSA) is 21.3 Å². The van der Waals surface area contributed by atoms with E-state index in [0.717, 1.165) is 37.7 Å². The van der Waals surface area contributed by atoms with Gasteiger partial charge in [0.25, 0.3) is 0 Å². The summed E-state index contributed by atoms with van der Waals surface area (Å²) in [5.41, 5.74) is 2.74. The molecule has 0 aromatic heterocycles. The molecular formula is C16H22BrNOS. The van der Waals surface area contributed by atoms with Gasteiger partial charge in [-0.2, -0.15) is 11.8 Å². The molecule has 0 aliphatic carbocycles. The summed E-state index contributed by atoms with van der Waals surface area (Å²) in [6.45, 7) is 4.09. The minimum absolute atomic E-state index is 0.581. The van der Waals surface area contributed by atoms with Crippen molar-refractivity contribution in [1.29, 1.82) is 0 Å². The Kier molecular flexibility index (Phi) is 4.95. The van der Waals surface area contributed by atoms with Gasteiger partial charge in [0.05, 0.1) is 6.61 Å². The Bertz CT molecular complexity index is 474. The van der Waals surface area contributed by atoms with Gasteiger partial charge in [-0.15, -0.1) is 0 Å². The van der Waals surface area contributed by atoms with E-state index < -0.39 is 0 Å². The molecule has 1 aromatic carbocycles. The Morgan fingerprint density at radius 1 is 1.50 bits per heavy atom. The van der Waals surface area contributed by atoms with Crippen LogP contribution in [0, 0.1) is 5.92 Å². The minimum Gasteiger partial charge on any atom is -0.493 e. The van der Waals surface area contributed by atoms with Gasteiger partial charge >= 0.3 is 0 Å². The predicted octanol–water partition coefficient (Wildman–Crippen LogP) is 3.66. The Balaban J connectivity index is 1.81. The molecule has 1 aromatic rings. The summed E-state index contributed by atoms with van der Waals surface area (Å²) in [6.07, 6.45) is 3.48. The molecule has 2 aliphatic rings. The standard InChI is InChI=1S/C16H22BrNOS/c1-2-18-15(12-4-6-20-10-12)9-13-8-14(17)7-11-3-5-19-16(11)13/h7-8,12,15,18H,2-6,9-10H2,1H3. The number of likely N-dealkylation sites (N-methyl/N-ethyl adjacent to an activating group) is 1. The monoisotopic (exact) mass is 355 g/mol. The van der Waals surface area contributed by atoms with E-state index in [2.05, 4.69) is 52.1 Å². The second-order valence-electron chi connectivity index (χ2n) is 5.64. The Labute approximate surface area is 134 Å². The smallest absolute Gasteiger partial charge is 0.125 e. The molecule has 2 aliphatic heterocycles. The molecule has 0 saturated carbocycles. The summed E-state index contributed by atoms with van der Waals surface area (Å²) in [4.78, 5) is 0. The molecule has 1 N–H and O–H groups in total. The highest BCUT2D eigenvalue weighted by molar-refractivity contribution is 9.10. The maximum atomic E-state index is 5.87. The molecule has 20 heavy (non-hydrogen) atoms. The van der Waals surface area contributed by atoms with Crippen molar-refractivity contribution in [2.75, 3.05) is 24.7 Å². The molecule has 2 atom stereocenters. The number of benzene rings is 1. The summed E-state index contributed by atoms with van der Waals surface area (Å²) in [5.74, 6) is 4.58. The number of nitrogens with one attached hydrogen (secondary N) is 1. The van der Waals surface area contributed by atoms with Gasteiger partial charge in [0, 0.05) is 16.9 Å². The molecule has 1 fully saturated rings. The zero-order valence-corrected chi connectivity index (χ0v) is 14.4. The van der Waals surface area contributed by atoms with Crippen molar-refractivity contribution in [3.8, 4) is 5.75 Å². The van der Waals surface area contributed by atoms with Crippen LogP contribution in [-0.4, -0.2) is 30.7 Å². The first-order valence-electron chi connectivity index (χ1n) is 7.53. The summed E-state index contributed by atoms with van der Waals surface area (Å²) in [5, 5.41) is 3.70. The van der Waals surface area contributed by atoms with Crippen LogP contribution in [0.2, 0.25) is 0 Å². The number of fused-ring (bicyclic) bond motifs is 1. The molecule has 0 spiro atoms. The van der Waals surface area contributed by atoms with E-state index in [1.807, 2.05) is 0 Å². The van der Waals surface area contributed by atoms with Crippen molar-refractivity contribution >= 4 is 27.7 Å². The highest BCUT2D eigenvalue weighted by Gasteiger charge is 2.27. The van der Waals surface area contributed by atoms with Crippen LogP contribution in [-0.2, 0) is 12.8 Å². The molecular weight excluding hydrogens is 334 g/mol. The number of halogens is 1. The van der Waals surface area contributed by atoms with E-state index in [1.54, 1.807) is 0 Å². The molecule has 0 radical (unpaired) electrons. The fourth-order valence-electron chi connectivity index (χ4n) is 3.27. The second kappa shape index (κ2) is 6.71. The maximum Gasteiger partial charge on any atom is 0.125 e. The highest BCUT2D eigenvalue weighted by atomic mass is 79.9. The number of thioether (sulfide) groups is 1. The molecule has 0 amide bonds. The van der Waals surface area contributed by atoms with Crippen LogP contribution >= 0.6 is 27.7 Å². The van der Waals surface area contributed by atoms with Crippen LogP contribution in [0.4, 0.5) is 0 Å². The lowest BCUT2D eigenvalue weighted by Crippen LogP contribution is -2.38. The van der Waals surface area contributed by atoms with E-state index >= 15 is 0 Å². The van der Waals surface area contributed by atoms with Gasteiger partial charge < -0.3 is 10.1 Å². The normalized spacial score (nSPS) is 22.6. The van der Waals surface area contributed by atoms with Crippen LogP contribution in [0.15, 0.2) is 16.6 Å². The second-order valence-corrected chi connectivity index (χ2v) is 7.71. The number of rotatable bonds is 5. The lowest BCUT2D eigenvalue weighted by atomic mass is 9.92. The van der Waals surface area contributed by atoms with Gasteiger partial charge in [-0.05, 0) is 60.1 Å². The van der Waals surface area contributed by atoms with Gasteiger partial charge in [0.15, 0.2) is 0 Å². The van der Waals surface area contributed by atoms with E-state index in [0.29, 0.717) is 6.04 Å². The number of hydrogen-bond acceptors (Lipinski definition) is 3. The predicted molar refractivity (Wildman–Crippen MR) is 89.9 cm³/mol. The third-order valence-electron chi connectivity index (χ3n) is 4.27. The average molecular weight is 356 g/mol. The van der Waals surface area contributed by atoms with Crippen LogP contribution in [0.1, 0.15) is 24.5 Å². The molecule has 1 saturated heterocycles. The zero-order chi connectivity index (χ0) is 13.9. The Hall–Kier alpha value is -0.190. The van der Waals surface area contributed by atoms with E-state index in [9.17, 15) is 0 Å². The van der Waals surface area contributed by atoms with Crippen LogP contribution < -0.4 is 10.1 Å². The van der Waals surface area contributed by atoms with Crippen molar-refractivity contribution in [3.63, 3.8) is 0 Å². The molecule has 2 nitrogen and oxygen atoms in total. The van der Waals surface area contributed by atoms with Crippen molar-refractivity contribution in [2.45, 2.75) is 32.2 Å². The summed E-state index contributed by atoms with van der Waals surface area (Å²) < 4.78 is 7.06. The van der Waals surface area contributed by atoms with Crippen LogP contribution in [0.25, 0.3) is 0 Å². The van der Waals surface area contributed by atoms with Crippen LogP contribution in [0.3, 0.4) is 0 Å².